The van der Waals surface area contributed by atoms with Gasteiger partial charge < -0.3 is 0 Å². The standard InChI is InChI=1S/C26H27O2P/c1-3-29(4-2,23-18-12-7-13-19-23)25(26(28)22-16-10-6-11-17-22)20-24(27)21-14-8-5-9-15-21/h5-19H,3-4,20H2,1-2H3. The van der Waals surface area contributed by atoms with Gasteiger partial charge in [0.1, 0.15) is 0 Å². The molecule has 0 saturated heterocycles. The van der Waals surface area contributed by atoms with E-state index in [1.54, 1.807) is 0 Å². The molecule has 0 fully saturated rings. The molecule has 29 heavy (non-hydrogen) atoms. The van der Waals surface area contributed by atoms with E-state index in [4.69, 9.17) is 0 Å². The van der Waals surface area contributed by atoms with E-state index < -0.39 is 6.89 Å². The number of carbonyl (C=O) groups excluding carboxylic acids is 2. The van der Waals surface area contributed by atoms with Crippen LogP contribution in [0.25, 0.3) is 0 Å². The van der Waals surface area contributed by atoms with Crippen LogP contribution in [0, 0.1) is 0 Å². The summed E-state index contributed by atoms with van der Waals surface area (Å²) in [5.74, 6) is 0.0165. The van der Waals surface area contributed by atoms with Crippen molar-refractivity contribution in [1.82, 2.24) is 0 Å². The normalized spacial score (nSPS) is 11.1. The molecule has 0 aliphatic rings. The van der Waals surface area contributed by atoms with Crippen molar-refractivity contribution in [3.05, 3.63) is 102 Å². The topological polar surface area (TPSA) is 34.1 Å². The SMILES string of the molecule is CCP(CC)(=C(CC(=O)c1ccccc1)C(=O)c1ccccc1)c1ccccc1. The van der Waals surface area contributed by atoms with Gasteiger partial charge in [0, 0.05) is 22.8 Å². The number of carbonyl (C=O) groups is 2. The van der Waals surface area contributed by atoms with Crippen LogP contribution in [-0.4, -0.2) is 29.2 Å². The number of Topliss-reactive ketones (excluding diaryl/α,β-unsaturated/α-hetero) is 2. The molecule has 3 heteroatoms. The summed E-state index contributed by atoms with van der Waals surface area (Å²) in [4.78, 5) is 26.8. The maximum absolute atomic E-state index is 13.7. The van der Waals surface area contributed by atoms with Crippen LogP contribution < -0.4 is 5.30 Å². The van der Waals surface area contributed by atoms with Gasteiger partial charge in [0.05, 0.1) is 0 Å². The number of hydrogen-bond acceptors (Lipinski definition) is 2. The minimum Gasteiger partial charge on any atom is -0.294 e. The molecule has 0 saturated carbocycles. The highest BCUT2D eigenvalue weighted by molar-refractivity contribution is 7.84. The molecule has 3 rings (SSSR count). The smallest absolute Gasteiger partial charge is 0.189 e. The van der Waals surface area contributed by atoms with Crippen molar-refractivity contribution in [2.45, 2.75) is 20.3 Å². The second-order valence-corrected chi connectivity index (χ2v) is 11.3. The summed E-state index contributed by atoms with van der Waals surface area (Å²) < 4.78 is 0. The highest BCUT2D eigenvalue weighted by atomic mass is 31.2. The molecule has 3 aromatic rings. The lowest BCUT2D eigenvalue weighted by molar-refractivity contribution is 0.0987. The first-order valence-electron chi connectivity index (χ1n) is 10.1. The number of hydrogen-bond donors (Lipinski definition) is 0. The van der Waals surface area contributed by atoms with Gasteiger partial charge in [-0.2, -0.15) is 0 Å². The Labute approximate surface area is 173 Å². The Balaban J connectivity index is 2.21. The first-order valence-corrected chi connectivity index (χ1v) is 12.3. The lowest BCUT2D eigenvalue weighted by atomic mass is 10.0. The van der Waals surface area contributed by atoms with Gasteiger partial charge in [0.15, 0.2) is 11.6 Å². The van der Waals surface area contributed by atoms with E-state index in [0.29, 0.717) is 11.1 Å². The third kappa shape index (κ3) is 4.49. The average molecular weight is 402 g/mol. The molecule has 148 valence electrons. The number of ketones is 2. The summed E-state index contributed by atoms with van der Waals surface area (Å²) in [5.41, 5.74) is 1.31. The molecule has 0 N–H and O–H groups in total. The first kappa shape index (κ1) is 21.0. The molecule has 0 aliphatic carbocycles. The fraction of sp³-hybridized carbons (Fsp3) is 0.192. The second kappa shape index (κ2) is 9.67. The van der Waals surface area contributed by atoms with Gasteiger partial charge in [-0.1, -0.05) is 112 Å². The average Bonchev–Trinajstić information content (AvgIpc) is 2.80. The lowest BCUT2D eigenvalue weighted by Crippen LogP contribution is -2.26. The lowest BCUT2D eigenvalue weighted by Gasteiger charge is -2.29. The molecule has 3 aromatic carbocycles. The van der Waals surface area contributed by atoms with E-state index >= 15 is 0 Å². The minimum atomic E-state index is -1.97. The molecule has 2 nitrogen and oxygen atoms in total. The van der Waals surface area contributed by atoms with Crippen molar-refractivity contribution >= 4 is 29.1 Å². The molecular weight excluding hydrogens is 375 g/mol. The van der Waals surface area contributed by atoms with Crippen LogP contribution in [0.5, 0.6) is 0 Å². The van der Waals surface area contributed by atoms with Crippen LogP contribution in [0.15, 0.2) is 91.0 Å². The third-order valence-electron chi connectivity index (χ3n) is 5.57. The summed E-state index contributed by atoms with van der Waals surface area (Å²) in [7, 11) is 0. The molecule has 0 amide bonds. The van der Waals surface area contributed by atoms with Gasteiger partial charge in [-0.3, -0.25) is 9.59 Å². The third-order valence-corrected chi connectivity index (χ3v) is 10.4. The second-order valence-electron chi connectivity index (χ2n) is 7.04. The summed E-state index contributed by atoms with van der Waals surface area (Å²) >= 11 is 0. The molecule has 0 radical (unpaired) electrons. The molecular formula is C26H27O2P. The van der Waals surface area contributed by atoms with Crippen molar-refractivity contribution in [2.24, 2.45) is 0 Å². The minimum absolute atomic E-state index is 0.00656. The van der Waals surface area contributed by atoms with Gasteiger partial charge in [-0.15, -0.1) is 0 Å². The van der Waals surface area contributed by atoms with E-state index in [1.807, 2.05) is 78.9 Å². The predicted octanol–water partition coefficient (Wildman–Crippen LogP) is 5.70. The Hall–Kier alpha value is -2.70. The zero-order chi connectivity index (χ0) is 20.7. The van der Waals surface area contributed by atoms with Crippen molar-refractivity contribution in [1.29, 1.82) is 0 Å². The van der Waals surface area contributed by atoms with Crippen molar-refractivity contribution < 1.29 is 9.59 Å². The van der Waals surface area contributed by atoms with Crippen LogP contribution in [0.4, 0.5) is 0 Å². The summed E-state index contributed by atoms with van der Waals surface area (Å²) in [6, 6.07) is 28.9. The quantitative estimate of drug-likeness (QED) is 0.358. The van der Waals surface area contributed by atoms with Crippen LogP contribution in [0.2, 0.25) is 0 Å². The van der Waals surface area contributed by atoms with E-state index in [2.05, 4.69) is 26.0 Å². The predicted molar refractivity (Wildman–Crippen MR) is 125 cm³/mol. The number of benzene rings is 3. The van der Waals surface area contributed by atoms with Crippen LogP contribution in [0.3, 0.4) is 0 Å². The number of rotatable bonds is 8. The zero-order valence-electron chi connectivity index (χ0n) is 17.0. The summed E-state index contributed by atoms with van der Waals surface area (Å²) in [6.45, 7) is 2.33. The van der Waals surface area contributed by atoms with Gasteiger partial charge in [-0.25, -0.2) is 0 Å². The Morgan fingerprint density at radius 1 is 0.655 bits per heavy atom. The monoisotopic (exact) mass is 402 g/mol. The van der Waals surface area contributed by atoms with Crippen molar-refractivity contribution in [3.63, 3.8) is 0 Å². The maximum atomic E-state index is 13.7. The molecule has 0 atom stereocenters. The molecule has 0 bridgehead atoms. The van der Waals surface area contributed by atoms with Crippen LogP contribution in [-0.2, 0) is 0 Å². The van der Waals surface area contributed by atoms with Gasteiger partial charge in [-0.05, 0) is 17.6 Å². The van der Waals surface area contributed by atoms with E-state index in [9.17, 15) is 9.59 Å². The molecule has 0 aromatic heterocycles. The van der Waals surface area contributed by atoms with Crippen molar-refractivity contribution in [3.8, 4) is 0 Å². The largest absolute Gasteiger partial charge is 0.294 e. The van der Waals surface area contributed by atoms with E-state index in [0.717, 1.165) is 17.6 Å². The Morgan fingerprint density at radius 2 is 1.10 bits per heavy atom. The molecule has 0 aliphatic heterocycles. The Bertz CT molecular complexity index is 1010. The fourth-order valence-electron chi connectivity index (χ4n) is 3.90. The first-order chi connectivity index (χ1) is 14.1. The summed E-state index contributed by atoms with van der Waals surface area (Å²) in [5, 5.41) is 1.99. The van der Waals surface area contributed by atoms with Crippen molar-refractivity contribution in [2.75, 3.05) is 12.3 Å². The Morgan fingerprint density at radius 3 is 1.59 bits per heavy atom. The van der Waals surface area contributed by atoms with Crippen LogP contribution >= 0.6 is 6.89 Å². The van der Waals surface area contributed by atoms with Crippen LogP contribution in [0.1, 0.15) is 41.0 Å². The van der Waals surface area contributed by atoms with E-state index in [1.165, 1.54) is 5.30 Å². The summed E-state index contributed by atoms with van der Waals surface area (Å²) in [6.07, 6.45) is 1.90. The molecule has 0 unspecified atom stereocenters. The van der Waals surface area contributed by atoms with E-state index in [-0.39, 0.29) is 18.0 Å². The zero-order valence-corrected chi connectivity index (χ0v) is 17.9. The highest BCUT2D eigenvalue weighted by Crippen LogP contribution is 2.48. The highest BCUT2D eigenvalue weighted by Gasteiger charge is 2.28. The van der Waals surface area contributed by atoms with Gasteiger partial charge >= 0.3 is 0 Å². The van der Waals surface area contributed by atoms with Gasteiger partial charge in [0.2, 0.25) is 0 Å². The Kier molecular flexibility index (Phi) is 7.01. The fourth-order valence-corrected chi connectivity index (χ4v) is 7.86. The molecule has 0 heterocycles. The maximum Gasteiger partial charge on any atom is 0.189 e. The molecule has 0 spiro atoms. The van der Waals surface area contributed by atoms with Gasteiger partial charge in [0.25, 0.3) is 0 Å².